The van der Waals surface area contributed by atoms with Gasteiger partial charge in [0.15, 0.2) is 5.78 Å². The Bertz CT molecular complexity index is 1320. The van der Waals surface area contributed by atoms with E-state index >= 15 is 0 Å². The van der Waals surface area contributed by atoms with Crippen LogP contribution in [0.4, 0.5) is 0 Å². The highest BCUT2D eigenvalue weighted by Gasteiger charge is 2.34. The molecule has 0 spiro atoms. The summed E-state index contributed by atoms with van der Waals surface area (Å²) >= 11 is 0. The second-order valence-electron chi connectivity index (χ2n) is 8.36. The maximum absolute atomic E-state index is 13.5. The van der Waals surface area contributed by atoms with E-state index in [1.54, 1.807) is 36.4 Å². The third-order valence-corrected chi connectivity index (χ3v) is 6.45. The van der Waals surface area contributed by atoms with Gasteiger partial charge in [-0.25, -0.2) is 0 Å². The molecule has 3 aromatic carbocycles. The molecule has 0 bridgehead atoms. The number of ketones is 1. The largest absolute Gasteiger partial charge is 0.507 e. The molecule has 0 aromatic heterocycles. The number of hydrogen-bond donors (Lipinski definition) is 1. The Balaban J connectivity index is 1.90. The summed E-state index contributed by atoms with van der Waals surface area (Å²) in [4.78, 5) is 13.5. The lowest BCUT2D eigenvalue weighted by Crippen LogP contribution is -2.22. The number of Topliss-reactive ketones (excluding diaryl/α,β-unsaturated/α-hetero) is 1. The lowest BCUT2D eigenvalue weighted by molar-refractivity contribution is 0.103. The minimum Gasteiger partial charge on any atom is -0.507 e. The third-order valence-electron chi connectivity index (χ3n) is 6.45. The number of nitriles is 1. The number of rotatable bonds is 6. The maximum atomic E-state index is 13.5. The smallest absolute Gasteiger partial charge is 0.193 e. The van der Waals surface area contributed by atoms with Crippen LogP contribution >= 0.6 is 0 Å². The van der Waals surface area contributed by atoms with Crippen LogP contribution in [0, 0.1) is 11.3 Å². The Morgan fingerprint density at radius 2 is 1.55 bits per heavy atom. The zero-order valence-electron chi connectivity index (χ0n) is 18.7. The van der Waals surface area contributed by atoms with Crippen LogP contribution in [0.5, 0.6) is 0 Å². The summed E-state index contributed by atoms with van der Waals surface area (Å²) in [6, 6.07) is 28.2. The van der Waals surface area contributed by atoms with E-state index in [2.05, 4.69) is 32.0 Å². The van der Waals surface area contributed by atoms with Gasteiger partial charge in [-0.2, -0.15) is 5.26 Å². The van der Waals surface area contributed by atoms with E-state index in [0.717, 1.165) is 17.6 Å². The summed E-state index contributed by atoms with van der Waals surface area (Å²) in [6.07, 6.45) is 4.65. The van der Waals surface area contributed by atoms with Crippen molar-refractivity contribution in [1.29, 1.82) is 5.26 Å². The summed E-state index contributed by atoms with van der Waals surface area (Å²) in [7, 11) is 0. The number of hydrogen-bond acceptors (Lipinski definition) is 3. The average molecular weight is 432 g/mol. The van der Waals surface area contributed by atoms with Gasteiger partial charge in [-0.3, -0.25) is 4.79 Å². The highest BCUT2D eigenvalue weighted by Crippen LogP contribution is 2.43. The first kappa shape index (κ1) is 22.0. The summed E-state index contributed by atoms with van der Waals surface area (Å²) in [5, 5.41) is 20.5. The summed E-state index contributed by atoms with van der Waals surface area (Å²) in [6.45, 7) is 4.28. The molecule has 0 amide bonds. The first-order valence-corrected chi connectivity index (χ1v) is 11.0. The van der Waals surface area contributed by atoms with Gasteiger partial charge in [0.2, 0.25) is 0 Å². The van der Waals surface area contributed by atoms with Crippen LogP contribution in [0.1, 0.15) is 47.3 Å². The molecule has 0 fully saturated rings. The lowest BCUT2D eigenvalue weighted by atomic mass is 9.74. The molecule has 3 heteroatoms. The summed E-state index contributed by atoms with van der Waals surface area (Å²) in [5.74, 6) is -0.157. The lowest BCUT2D eigenvalue weighted by Gasteiger charge is -2.29. The molecule has 0 heterocycles. The molecule has 1 N–H and O–H groups in total. The molecule has 1 aliphatic rings. The van der Waals surface area contributed by atoms with Crippen LogP contribution in [0.2, 0.25) is 0 Å². The molecule has 3 aromatic rings. The maximum Gasteiger partial charge on any atom is 0.193 e. The van der Waals surface area contributed by atoms with Gasteiger partial charge in [0.1, 0.15) is 5.76 Å². The van der Waals surface area contributed by atoms with Crippen LogP contribution in [0.3, 0.4) is 0 Å². The molecule has 33 heavy (non-hydrogen) atoms. The van der Waals surface area contributed by atoms with Crippen molar-refractivity contribution in [3.8, 4) is 6.07 Å². The van der Waals surface area contributed by atoms with Crippen molar-refractivity contribution >= 4 is 11.5 Å². The van der Waals surface area contributed by atoms with Crippen molar-refractivity contribution in [1.82, 2.24) is 0 Å². The van der Waals surface area contributed by atoms with Gasteiger partial charge in [0.05, 0.1) is 11.6 Å². The minimum absolute atomic E-state index is 0.0101. The number of nitrogens with zero attached hydrogens (tertiary/aromatic N) is 1. The molecule has 1 aliphatic carbocycles. The normalized spacial score (nSPS) is 16.3. The third kappa shape index (κ3) is 4.16. The minimum atomic E-state index is -0.333. The van der Waals surface area contributed by atoms with Gasteiger partial charge >= 0.3 is 0 Å². The van der Waals surface area contributed by atoms with Gasteiger partial charge < -0.3 is 5.11 Å². The van der Waals surface area contributed by atoms with Gasteiger partial charge in [0, 0.05) is 27.7 Å². The molecule has 0 saturated heterocycles. The number of benzene rings is 3. The molecule has 0 radical (unpaired) electrons. The fraction of sp³-hybridized carbons (Fsp3) is 0.133. The molecule has 1 unspecified atom stereocenters. The van der Waals surface area contributed by atoms with Gasteiger partial charge in [-0.1, -0.05) is 86.6 Å². The monoisotopic (exact) mass is 431 g/mol. The Labute approximate surface area is 194 Å². The Morgan fingerprint density at radius 1 is 0.909 bits per heavy atom. The number of carbonyl (C=O) groups is 1. The topological polar surface area (TPSA) is 61.1 Å². The van der Waals surface area contributed by atoms with E-state index in [4.69, 9.17) is 0 Å². The SMILES string of the molecule is CCC(C)(C1=C/C(=C(/O)c2cccc(C#N)c2)C(C(=O)c2ccccc2)=C1)c1ccccc1. The highest BCUT2D eigenvalue weighted by atomic mass is 16.3. The molecule has 1 atom stereocenters. The van der Waals surface area contributed by atoms with Crippen LogP contribution in [-0.4, -0.2) is 10.9 Å². The Hall–Kier alpha value is -4.16. The fourth-order valence-electron chi connectivity index (χ4n) is 4.23. The van der Waals surface area contributed by atoms with Gasteiger partial charge in [0.25, 0.3) is 0 Å². The number of aliphatic hydroxyl groups is 1. The predicted octanol–water partition coefficient (Wildman–Crippen LogP) is 6.94. The van der Waals surface area contributed by atoms with E-state index in [-0.39, 0.29) is 17.0 Å². The zero-order chi connectivity index (χ0) is 23.4. The van der Waals surface area contributed by atoms with E-state index in [1.165, 1.54) is 0 Å². The van der Waals surface area contributed by atoms with Crippen molar-refractivity contribution < 1.29 is 9.90 Å². The van der Waals surface area contributed by atoms with Crippen molar-refractivity contribution in [2.45, 2.75) is 25.7 Å². The van der Waals surface area contributed by atoms with E-state index in [1.807, 2.05) is 48.6 Å². The molecule has 4 rings (SSSR count). The van der Waals surface area contributed by atoms with Crippen molar-refractivity contribution in [3.63, 3.8) is 0 Å². The van der Waals surface area contributed by atoms with Crippen molar-refractivity contribution in [2.75, 3.05) is 0 Å². The molecular formula is C30H25NO2. The zero-order valence-corrected chi connectivity index (χ0v) is 18.7. The number of aliphatic hydroxyl groups excluding tert-OH is 1. The highest BCUT2D eigenvalue weighted by molar-refractivity contribution is 6.14. The predicted molar refractivity (Wildman–Crippen MR) is 132 cm³/mol. The number of allylic oxidation sites excluding steroid dienone is 5. The second kappa shape index (κ2) is 9.14. The van der Waals surface area contributed by atoms with Crippen molar-refractivity contribution in [2.24, 2.45) is 0 Å². The summed E-state index contributed by atoms with van der Waals surface area (Å²) < 4.78 is 0. The van der Waals surface area contributed by atoms with Gasteiger partial charge in [-0.05, 0) is 41.8 Å². The van der Waals surface area contributed by atoms with E-state index in [9.17, 15) is 15.2 Å². The molecule has 0 saturated carbocycles. The Morgan fingerprint density at radius 3 is 2.18 bits per heavy atom. The second-order valence-corrected chi connectivity index (χ2v) is 8.36. The molecular weight excluding hydrogens is 406 g/mol. The molecule has 162 valence electrons. The van der Waals surface area contributed by atoms with Crippen LogP contribution in [0.25, 0.3) is 5.76 Å². The van der Waals surface area contributed by atoms with Crippen LogP contribution in [-0.2, 0) is 5.41 Å². The molecule has 3 nitrogen and oxygen atoms in total. The quantitative estimate of drug-likeness (QED) is 0.339. The van der Waals surface area contributed by atoms with Gasteiger partial charge in [-0.15, -0.1) is 0 Å². The van der Waals surface area contributed by atoms with E-state index in [0.29, 0.717) is 27.8 Å². The first-order chi connectivity index (χ1) is 16.0. The first-order valence-electron chi connectivity index (χ1n) is 11.0. The summed E-state index contributed by atoms with van der Waals surface area (Å²) in [5.41, 5.74) is 4.22. The fourth-order valence-corrected chi connectivity index (χ4v) is 4.23. The number of carbonyl (C=O) groups excluding carboxylic acids is 1. The average Bonchev–Trinajstić information content (AvgIpc) is 3.34. The van der Waals surface area contributed by atoms with Crippen molar-refractivity contribution in [3.05, 3.63) is 136 Å². The van der Waals surface area contributed by atoms with Crippen LogP contribution in [0.15, 0.2) is 114 Å². The van der Waals surface area contributed by atoms with Crippen LogP contribution < -0.4 is 0 Å². The Kier molecular flexibility index (Phi) is 6.11. The molecule has 0 aliphatic heterocycles. The van der Waals surface area contributed by atoms with E-state index < -0.39 is 0 Å². The standard InChI is InChI=1S/C30H25NO2/c1-3-30(2,24-15-8-5-9-16-24)25-18-26(28(32)22-12-6-4-7-13-22)27(19-25)29(33)23-14-10-11-21(17-23)20-31/h4-19,33H,3H2,1-2H3/b29-27-.